The molecule has 0 bridgehead atoms. The van der Waals surface area contributed by atoms with Crippen LogP contribution in [0.3, 0.4) is 0 Å². The van der Waals surface area contributed by atoms with Crippen LogP contribution in [0.2, 0.25) is 0 Å². The fourth-order valence-corrected chi connectivity index (χ4v) is 4.12. The molecule has 4 nitrogen and oxygen atoms in total. The van der Waals surface area contributed by atoms with Gasteiger partial charge in [0.05, 0.1) is 26.2 Å². The van der Waals surface area contributed by atoms with Crippen LogP contribution in [-0.4, -0.2) is 19.2 Å². The summed E-state index contributed by atoms with van der Waals surface area (Å²) in [7, 11) is 0. The molecule has 0 aliphatic heterocycles. The van der Waals surface area contributed by atoms with E-state index in [1.807, 2.05) is 6.07 Å². The van der Waals surface area contributed by atoms with Crippen LogP contribution in [0, 0.1) is 19.7 Å². The summed E-state index contributed by atoms with van der Waals surface area (Å²) in [5.41, 5.74) is 12.5. The normalized spacial score (nSPS) is 13.9. The summed E-state index contributed by atoms with van der Waals surface area (Å²) < 4.78 is 26.1. The fourth-order valence-electron chi connectivity index (χ4n) is 4.12. The van der Waals surface area contributed by atoms with Gasteiger partial charge in [-0.2, -0.15) is 0 Å². The Hall–Kier alpha value is -2.21. The van der Waals surface area contributed by atoms with E-state index in [9.17, 15) is 4.79 Å². The lowest BCUT2D eigenvalue weighted by Crippen LogP contribution is -2.19. The number of hydrogen-bond donors (Lipinski definition) is 1. The molecular weight excluding hydrogens is 429 g/mol. The molecule has 0 spiro atoms. The predicted molar refractivity (Wildman–Crippen MR) is 129 cm³/mol. The molecule has 1 fully saturated rings. The van der Waals surface area contributed by atoms with Gasteiger partial charge in [-0.05, 0) is 79.5 Å². The number of rotatable bonds is 10. The SMILES string of the molecule is C=CCOCc1cc(C)cc(C)c1-c1cc(C2CC2)c(F)c([C@@H](N)CC(=O)OCC)c1.Cl. The zero-order chi connectivity index (χ0) is 22.5. The molecule has 2 aromatic carbocycles. The zero-order valence-electron chi connectivity index (χ0n) is 19.1. The Labute approximate surface area is 196 Å². The number of hydrogen-bond acceptors (Lipinski definition) is 4. The van der Waals surface area contributed by atoms with Gasteiger partial charge in [-0.1, -0.05) is 23.8 Å². The second-order valence-electron chi connectivity index (χ2n) is 8.28. The highest BCUT2D eigenvalue weighted by Crippen LogP contribution is 2.45. The Morgan fingerprint density at radius 3 is 2.62 bits per heavy atom. The van der Waals surface area contributed by atoms with Crippen molar-refractivity contribution in [3.05, 3.63) is 70.6 Å². The van der Waals surface area contributed by atoms with Gasteiger partial charge in [0.1, 0.15) is 5.82 Å². The van der Waals surface area contributed by atoms with E-state index < -0.39 is 12.0 Å². The maximum Gasteiger partial charge on any atom is 0.307 e. The Kier molecular flexibility index (Phi) is 9.44. The van der Waals surface area contributed by atoms with Crippen LogP contribution in [-0.2, 0) is 20.9 Å². The van der Waals surface area contributed by atoms with Gasteiger partial charge in [0.15, 0.2) is 0 Å². The molecule has 1 saturated carbocycles. The van der Waals surface area contributed by atoms with Crippen molar-refractivity contribution in [2.75, 3.05) is 13.2 Å². The number of aryl methyl sites for hydroxylation is 2. The minimum Gasteiger partial charge on any atom is -0.466 e. The van der Waals surface area contributed by atoms with Gasteiger partial charge in [0.2, 0.25) is 0 Å². The van der Waals surface area contributed by atoms with Gasteiger partial charge in [0, 0.05) is 11.6 Å². The van der Waals surface area contributed by atoms with Crippen LogP contribution >= 0.6 is 12.4 Å². The summed E-state index contributed by atoms with van der Waals surface area (Å²) in [4.78, 5) is 12.0. The lowest BCUT2D eigenvalue weighted by atomic mass is 9.88. The first-order chi connectivity index (χ1) is 14.8. The molecule has 0 unspecified atom stereocenters. The standard InChI is InChI=1S/C26H32FNO3.ClH/c1-5-9-30-15-20-11-16(3)10-17(4)25(20)19-12-21(18-7-8-18)26(27)22(13-19)23(28)14-24(29)31-6-2;/h5,10-13,18,23H,1,6-9,14-15,28H2,2-4H3;1H/t23-;/m0./s1. The van der Waals surface area contributed by atoms with Gasteiger partial charge in [-0.15, -0.1) is 19.0 Å². The highest BCUT2D eigenvalue weighted by atomic mass is 35.5. The molecule has 2 aromatic rings. The summed E-state index contributed by atoms with van der Waals surface area (Å²) >= 11 is 0. The van der Waals surface area contributed by atoms with Crippen LogP contribution in [0.25, 0.3) is 11.1 Å². The molecule has 0 saturated heterocycles. The molecule has 2 N–H and O–H groups in total. The average molecular weight is 462 g/mol. The fraction of sp³-hybridized carbons (Fsp3) is 0.423. The highest BCUT2D eigenvalue weighted by Gasteiger charge is 2.30. The summed E-state index contributed by atoms with van der Waals surface area (Å²) in [6.07, 6.45) is 3.60. The van der Waals surface area contributed by atoms with Crippen molar-refractivity contribution in [1.29, 1.82) is 0 Å². The largest absolute Gasteiger partial charge is 0.466 e. The van der Waals surface area contributed by atoms with E-state index in [1.54, 1.807) is 19.1 Å². The van der Waals surface area contributed by atoms with E-state index >= 15 is 4.39 Å². The van der Waals surface area contributed by atoms with Gasteiger partial charge in [-0.3, -0.25) is 4.79 Å². The Balaban J connectivity index is 0.00000363. The number of carbonyl (C=O) groups is 1. The van der Waals surface area contributed by atoms with Gasteiger partial charge >= 0.3 is 5.97 Å². The molecule has 3 rings (SSSR count). The monoisotopic (exact) mass is 461 g/mol. The molecular formula is C26H33ClFNO3. The van der Waals surface area contributed by atoms with Crippen LogP contribution in [0.15, 0.2) is 36.9 Å². The zero-order valence-corrected chi connectivity index (χ0v) is 19.9. The minimum atomic E-state index is -0.761. The smallest absolute Gasteiger partial charge is 0.307 e. The number of nitrogens with two attached hydrogens (primary N) is 1. The lowest BCUT2D eigenvalue weighted by molar-refractivity contribution is -0.143. The summed E-state index contributed by atoms with van der Waals surface area (Å²) in [6.45, 7) is 10.7. The van der Waals surface area contributed by atoms with Crippen LogP contribution < -0.4 is 5.73 Å². The molecule has 1 aliphatic carbocycles. The van der Waals surface area contributed by atoms with Crippen LogP contribution in [0.4, 0.5) is 4.39 Å². The third-order valence-corrected chi connectivity index (χ3v) is 5.58. The van der Waals surface area contributed by atoms with E-state index in [4.69, 9.17) is 15.2 Å². The molecule has 0 aromatic heterocycles. The lowest BCUT2D eigenvalue weighted by Gasteiger charge is -2.20. The van der Waals surface area contributed by atoms with Crippen molar-refractivity contribution >= 4 is 18.4 Å². The number of halogens is 2. The molecule has 6 heteroatoms. The first-order valence-corrected chi connectivity index (χ1v) is 10.9. The number of ether oxygens (including phenoxy) is 2. The third-order valence-electron chi connectivity index (χ3n) is 5.58. The number of esters is 1. The van der Waals surface area contributed by atoms with Crippen molar-refractivity contribution in [2.24, 2.45) is 5.73 Å². The molecule has 1 aliphatic rings. The molecule has 0 radical (unpaired) electrons. The van der Waals surface area contributed by atoms with Crippen molar-refractivity contribution in [3.8, 4) is 11.1 Å². The van der Waals surface area contributed by atoms with E-state index in [0.29, 0.717) is 24.3 Å². The maximum absolute atomic E-state index is 15.4. The van der Waals surface area contributed by atoms with E-state index in [2.05, 4.69) is 32.6 Å². The maximum atomic E-state index is 15.4. The summed E-state index contributed by atoms with van der Waals surface area (Å²) in [5.74, 6) is -0.505. The Bertz CT molecular complexity index is 972. The Morgan fingerprint density at radius 1 is 1.28 bits per heavy atom. The average Bonchev–Trinajstić information content (AvgIpc) is 3.53. The van der Waals surface area contributed by atoms with E-state index in [1.165, 1.54) is 0 Å². The third kappa shape index (κ3) is 6.18. The van der Waals surface area contributed by atoms with Crippen molar-refractivity contribution in [2.45, 2.75) is 58.6 Å². The molecule has 0 heterocycles. The topological polar surface area (TPSA) is 61.5 Å². The second kappa shape index (κ2) is 11.6. The highest BCUT2D eigenvalue weighted by molar-refractivity contribution is 5.85. The van der Waals surface area contributed by atoms with Crippen molar-refractivity contribution in [1.82, 2.24) is 0 Å². The quantitative estimate of drug-likeness (QED) is 0.265. The predicted octanol–water partition coefficient (Wildman–Crippen LogP) is 6.06. The van der Waals surface area contributed by atoms with E-state index in [0.717, 1.165) is 40.7 Å². The van der Waals surface area contributed by atoms with Gasteiger partial charge in [0.25, 0.3) is 0 Å². The number of carbonyl (C=O) groups excluding carboxylic acids is 1. The Morgan fingerprint density at radius 2 is 2.00 bits per heavy atom. The molecule has 174 valence electrons. The van der Waals surface area contributed by atoms with Crippen LogP contribution in [0.5, 0.6) is 0 Å². The van der Waals surface area contributed by atoms with Gasteiger partial charge in [-0.25, -0.2) is 4.39 Å². The summed E-state index contributed by atoms with van der Waals surface area (Å²) in [6, 6.07) is 7.19. The number of benzene rings is 2. The molecule has 0 amide bonds. The van der Waals surface area contributed by atoms with Gasteiger partial charge < -0.3 is 15.2 Å². The second-order valence-corrected chi connectivity index (χ2v) is 8.28. The minimum absolute atomic E-state index is 0. The van der Waals surface area contributed by atoms with Crippen LogP contribution in [0.1, 0.15) is 66.0 Å². The van der Waals surface area contributed by atoms with Crippen molar-refractivity contribution < 1.29 is 18.7 Å². The first kappa shape index (κ1) is 26.0. The van der Waals surface area contributed by atoms with Crippen molar-refractivity contribution in [3.63, 3.8) is 0 Å². The summed E-state index contributed by atoms with van der Waals surface area (Å²) in [5, 5.41) is 0. The molecule has 1 atom stereocenters. The molecule has 32 heavy (non-hydrogen) atoms. The first-order valence-electron chi connectivity index (χ1n) is 10.9. The van der Waals surface area contributed by atoms with E-state index in [-0.39, 0.29) is 37.2 Å².